The quantitative estimate of drug-likeness (QED) is 0.585. The number of nitrogens with zero attached hydrogens (tertiary/aromatic N) is 2. The number of rotatable bonds is 5. The van der Waals surface area contributed by atoms with Crippen LogP contribution in [0.1, 0.15) is 22.4 Å². The van der Waals surface area contributed by atoms with Gasteiger partial charge in [0.1, 0.15) is 12.4 Å². The molecule has 3 nitrogen and oxygen atoms in total. The van der Waals surface area contributed by atoms with Gasteiger partial charge in [0.2, 0.25) is 0 Å². The SMILES string of the molecule is Cc1ccnn1Cc1cc(C(F)(F)F)ccc1OCc1ccc(Cl)cc1. The van der Waals surface area contributed by atoms with Gasteiger partial charge in [0.15, 0.2) is 0 Å². The molecule has 0 unspecified atom stereocenters. The molecule has 1 aromatic heterocycles. The summed E-state index contributed by atoms with van der Waals surface area (Å²) in [5, 5.41) is 4.75. The number of aromatic nitrogens is 2. The second-order valence-electron chi connectivity index (χ2n) is 5.87. The predicted molar refractivity (Wildman–Crippen MR) is 93.3 cm³/mol. The normalized spacial score (nSPS) is 11.6. The Morgan fingerprint density at radius 2 is 1.81 bits per heavy atom. The highest BCUT2D eigenvalue weighted by molar-refractivity contribution is 6.30. The number of hydrogen-bond acceptors (Lipinski definition) is 2. The van der Waals surface area contributed by atoms with Crippen LogP contribution in [0.4, 0.5) is 13.2 Å². The van der Waals surface area contributed by atoms with Gasteiger partial charge in [-0.2, -0.15) is 18.3 Å². The molecular weight excluding hydrogens is 365 g/mol. The highest BCUT2D eigenvalue weighted by Gasteiger charge is 2.31. The molecule has 2 aromatic carbocycles. The van der Waals surface area contributed by atoms with Gasteiger partial charge in [0, 0.05) is 22.5 Å². The lowest BCUT2D eigenvalue weighted by Crippen LogP contribution is -2.10. The Morgan fingerprint density at radius 1 is 1.08 bits per heavy atom. The summed E-state index contributed by atoms with van der Waals surface area (Å²) >= 11 is 5.85. The molecule has 0 saturated carbocycles. The molecule has 0 radical (unpaired) electrons. The molecule has 136 valence electrons. The first-order chi connectivity index (χ1) is 12.3. The highest BCUT2D eigenvalue weighted by atomic mass is 35.5. The van der Waals surface area contributed by atoms with Gasteiger partial charge in [-0.25, -0.2) is 0 Å². The van der Waals surface area contributed by atoms with Gasteiger partial charge in [-0.15, -0.1) is 0 Å². The minimum Gasteiger partial charge on any atom is -0.489 e. The average molecular weight is 381 g/mol. The van der Waals surface area contributed by atoms with Crippen LogP contribution in [0.15, 0.2) is 54.7 Å². The van der Waals surface area contributed by atoms with E-state index in [9.17, 15) is 13.2 Å². The third-order valence-electron chi connectivity index (χ3n) is 3.94. The molecule has 1 heterocycles. The van der Waals surface area contributed by atoms with Gasteiger partial charge in [0.25, 0.3) is 0 Å². The summed E-state index contributed by atoms with van der Waals surface area (Å²) in [5.74, 6) is 0.392. The maximum Gasteiger partial charge on any atom is 0.416 e. The van der Waals surface area contributed by atoms with Crippen LogP contribution in [0, 0.1) is 6.92 Å². The molecule has 0 aliphatic carbocycles. The fraction of sp³-hybridized carbons (Fsp3) is 0.211. The first-order valence-electron chi connectivity index (χ1n) is 7.89. The lowest BCUT2D eigenvalue weighted by atomic mass is 10.1. The van der Waals surface area contributed by atoms with Crippen molar-refractivity contribution in [3.8, 4) is 5.75 Å². The Labute approximate surface area is 154 Å². The zero-order valence-electron chi connectivity index (χ0n) is 13.9. The van der Waals surface area contributed by atoms with Gasteiger partial charge in [0.05, 0.1) is 12.1 Å². The number of alkyl halides is 3. The van der Waals surface area contributed by atoms with E-state index in [1.165, 1.54) is 6.07 Å². The Kier molecular flexibility index (Phi) is 5.23. The third kappa shape index (κ3) is 4.38. The van der Waals surface area contributed by atoms with E-state index < -0.39 is 11.7 Å². The van der Waals surface area contributed by atoms with Gasteiger partial charge < -0.3 is 4.74 Å². The van der Waals surface area contributed by atoms with E-state index in [2.05, 4.69) is 5.10 Å². The van der Waals surface area contributed by atoms with E-state index in [-0.39, 0.29) is 13.2 Å². The molecular formula is C19H16ClF3N2O. The van der Waals surface area contributed by atoms with E-state index in [0.29, 0.717) is 16.3 Å². The summed E-state index contributed by atoms with van der Waals surface area (Å²) in [4.78, 5) is 0. The van der Waals surface area contributed by atoms with Gasteiger partial charge in [-0.3, -0.25) is 4.68 Å². The third-order valence-corrected chi connectivity index (χ3v) is 4.20. The second kappa shape index (κ2) is 7.41. The minimum absolute atomic E-state index is 0.193. The fourth-order valence-corrected chi connectivity index (χ4v) is 2.61. The average Bonchev–Trinajstić information content (AvgIpc) is 2.99. The number of benzene rings is 2. The van der Waals surface area contributed by atoms with Crippen molar-refractivity contribution >= 4 is 11.6 Å². The van der Waals surface area contributed by atoms with Crippen molar-refractivity contribution < 1.29 is 17.9 Å². The topological polar surface area (TPSA) is 27.1 Å². The smallest absolute Gasteiger partial charge is 0.416 e. The van der Waals surface area contributed by atoms with E-state index in [0.717, 1.165) is 23.4 Å². The monoisotopic (exact) mass is 380 g/mol. The largest absolute Gasteiger partial charge is 0.489 e. The van der Waals surface area contributed by atoms with Crippen LogP contribution >= 0.6 is 11.6 Å². The van der Waals surface area contributed by atoms with Gasteiger partial charge in [-0.1, -0.05) is 23.7 Å². The molecule has 0 aliphatic rings. The van der Waals surface area contributed by atoms with Gasteiger partial charge in [-0.05, 0) is 48.9 Å². The van der Waals surface area contributed by atoms with Gasteiger partial charge >= 0.3 is 6.18 Å². The van der Waals surface area contributed by atoms with Crippen molar-refractivity contribution in [1.29, 1.82) is 0 Å². The lowest BCUT2D eigenvalue weighted by molar-refractivity contribution is -0.137. The standard InChI is InChI=1S/C19H16ClF3N2O/c1-13-8-9-24-25(13)11-15-10-16(19(21,22)23)4-7-18(15)26-12-14-2-5-17(20)6-3-14/h2-10H,11-12H2,1H3. The minimum atomic E-state index is -4.41. The molecule has 0 spiro atoms. The van der Waals surface area contributed by atoms with E-state index in [1.54, 1.807) is 29.1 Å². The van der Waals surface area contributed by atoms with Crippen molar-refractivity contribution in [2.24, 2.45) is 0 Å². The molecule has 0 N–H and O–H groups in total. The summed E-state index contributed by atoms with van der Waals surface area (Å²) in [7, 11) is 0. The van der Waals surface area contributed by atoms with E-state index >= 15 is 0 Å². The summed E-state index contributed by atoms with van der Waals surface area (Å²) < 4.78 is 46.6. The van der Waals surface area contributed by atoms with Crippen molar-refractivity contribution in [2.45, 2.75) is 26.3 Å². The zero-order chi connectivity index (χ0) is 18.7. The molecule has 0 fully saturated rings. The first kappa shape index (κ1) is 18.3. The molecule has 3 aromatic rings. The molecule has 0 atom stereocenters. The molecule has 0 saturated heterocycles. The summed E-state index contributed by atoms with van der Waals surface area (Å²) in [6.07, 6.45) is -2.81. The zero-order valence-corrected chi connectivity index (χ0v) is 14.7. The van der Waals surface area contributed by atoms with E-state index in [1.807, 2.05) is 19.1 Å². The van der Waals surface area contributed by atoms with E-state index in [4.69, 9.17) is 16.3 Å². The highest BCUT2D eigenvalue weighted by Crippen LogP contribution is 2.33. The lowest BCUT2D eigenvalue weighted by Gasteiger charge is -2.15. The summed E-state index contributed by atoms with van der Waals surface area (Å²) in [6, 6.07) is 12.4. The fourth-order valence-electron chi connectivity index (χ4n) is 2.49. The van der Waals surface area contributed by atoms with Crippen LogP contribution < -0.4 is 4.74 Å². The number of aryl methyl sites for hydroxylation is 1. The van der Waals surface area contributed by atoms with Crippen LogP contribution in [0.5, 0.6) is 5.75 Å². The number of ether oxygens (including phenoxy) is 1. The van der Waals surface area contributed by atoms with Crippen molar-refractivity contribution in [1.82, 2.24) is 9.78 Å². The Hall–Kier alpha value is -2.47. The molecule has 7 heteroatoms. The second-order valence-corrected chi connectivity index (χ2v) is 6.30. The van der Waals surface area contributed by atoms with Crippen molar-refractivity contribution in [3.05, 3.63) is 82.1 Å². The molecule has 3 rings (SSSR count). The molecule has 0 aliphatic heterocycles. The number of hydrogen-bond donors (Lipinski definition) is 0. The van der Waals surface area contributed by atoms with Crippen molar-refractivity contribution in [3.63, 3.8) is 0 Å². The first-order valence-corrected chi connectivity index (χ1v) is 8.26. The number of halogens is 4. The Bertz CT molecular complexity index is 889. The maximum atomic E-state index is 13.1. The molecule has 26 heavy (non-hydrogen) atoms. The van der Waals surface area contributed by atoms with Crippen LogP contribution in [-0.2, 0) is 19.3 Å². The Balaban J connectivity index is 1.87. The molecule has 0 amide bonds. The van der Waals surface area contributed by atoms with Crippen molar-refractivity contribution in [2.75, 3.05) is 0 Å². The molecule has 0 bridgehead atoms. The van der Waals surface area contributed by atoms with Crippen LogP contribution in [-0.4, -0.2) is 9.78 Å². The summed E-state index contributed by atoms with van der Waals surface area (Å²) in [6.45, 7) is 2.27. The predicted octanol–water partition coefficient (Wildman–Crippen LogP) is 5.49. The maximum absolute atomic E-state index is 13.1. The van der Waals surface area contributed by atoms with Crippen LogP contribution in [0.2, 0.25) is 5.02 Å². The van der Waals surface area contributed by atoms with Crippen LogP contribution in [0.25, 0.3) is 0 Å². The Morgan fingerprint density at radius 3 is 2.42 bits per heavy atom. The summed E-state index contributed by atoms with van der Waals surface area (Å²) in [5.41, 5.74) is 1.43. The van der Waals surface area contributed by atoms with Crippen LogP contribution in [0.3, 0.4) is 0 Å².